The molecule has 0 radical (unpaired) electrons. The Kier molecular flexibility index (Phi) is 2.64. The third kappa shape index (κ3) is 2.47. The number of nitrogens with two attached hydrogens (primary N) is 1. The van der Waals surface area contributed by atoms with Gasteiger partial charge in [-0.05, 0) is 24.3 Å². The first kappa shape index (κ1) is 10.4. The topological polar surface area (TPSA) is 84.7 Å². The lowest BCUT2D eigenvalue weighted by Gasteiger charge is -2.03. The minimum atomic E-state index is -3.22. The van der Waals surface area contributed by atoms with E-state index in [1.807, 2.05) is 0 Å². The summed E-state index contributed by atoms with van der Waals surface area (Å²) >= 11 is 0. The summed E-state index contributed by atoms with van der Waals surface area (Å²) in [7, 11) is -3.22. The second-order valence-electron chi connectivity index (χ2n) is 3.41. The zero-order valence-electron chi connectivity index (χ0n) is 8.01. The van der Waals surface area contributed by atoms with Gasteiger partial charge in [0.2, 0.25) is 0 Å². The van der Waals surface area contributed by atoms with E-state index in [2.05, 4.69) is 5.43 Å². The monoisotopic (exact) mass is 228 g/mol. The average molecular weight is 228 g/mol. The Morgan fingerprint density at radius 3 is 2.47 bits per heavy atom. The summed E-state index contributed by atoms with van der Waals surface area (Å²) in [6, 6.07) is 6.32. The van der Waals surface area contributed by atoms with Gasteiger partial charge >= 0.3 is 0 Å². The van der Waals surface area contributed by atoms with Crippen molar-refractivity contribution < 1.29 is 13.2 Å². The highest BCUT2D eigenvalue weighted by Crippen LogP contribution is 2.19. The number of epoxide rings is 1. The first-order valence-electron chi connectivity index (χ1n) is 4.53. The van der Waals surface area contributed by atoms with Crippen molar-refractivity contribution in [2.24, 2.45) is 5.84 Å². The van der Waals surface area contributed by atoms with Gasteiger partial charge in [-0.15, -0.1) is 0 Å². The molecule has 1 aliphatic heterocycles. The lowest BCUT2D eigenvalue weighted by Crippen LogP contribution is -2.12. The molecule has 1 saturated heterocycles. The first-order chi connectivity index (χ1) is 7.12. The van der Waals surface area contributed by atoms with E-state index in [1.165, 1.54) is 12.1 Å². The van der Waals surface area contributed by atoms with Crippen LogP contribution in [0.3, 0.4) is 0 Å². The Morgan fingerprint density at radius 2 is 2.00 bits per heavy atom. The van der Waals surface area contributed by atoms with Crippen LogP contribution in [0.4, 0.5) is 5.69 Å². The number of hydrazine groups is 1. The number of nitrogen functional groups attached to an aromatic ring is 1. The van der Waals surface area contributed by atoms with Crippen LogP contribution in [0.1, 0.15) is 0 Å². The molecule has 2 rings (SSSR count). The normalized spacial score (nSPS) is 19.9. The number of nitrogens with one attached hydrogen (secondary N) is 1. The van der Waals surface area contributed by atoms with Crippen molar-refractivity contribution in [1.82, 2.24) is 0 Å². The number of rotatable bonds is 4. The Morgan fingerprint density at radius 1 is 1.40 bits per heavy atom. The van der Waals surface area contributed by atoms with Gasteiger partial charge in [-0.2, -0.15) is 0 Å². The Hall–Kier alpha value is -1.11. The summed E-state index contributed by atoms with van der Waals surface area (Å²) in [5, 5.41) is 0. The zero-order chi connectivity index (χ0) is 10.9. The molecular formula is C9H12N2O3S. The third-order valence-electron chi connectivity index (χ3n) is 2.19. The summed E-state index contributed by atoms with van der Waals surface area (Å²) in [4.78, 5) is 0.303. The number of sulfone groups is 1. The van der Waals surface area contributed by atoms with Gasteiger partial charge in [0.05, 0.1) is 23.4 Å². The van der Waals surface area contributed by atoms with Crippen LogP contribution >= 0.6 is 0 Å². The van der Waals surface area contributed by atoms with Crippen molar-refractivity contribution in [3.63, 3.8) is 0 Å². The smallest absolute Gasteiger partial charge is 0.181 e. The van der Waals surface area contributed by atoms with Crippen LogP contribution in [0.2, 0.25) is 0 Å². The molecule has 3 N–H and O–H groups in total. The van der Waals surface area contributed by atoms with Gasteiger partial charge < -0.3 is 10.2 Å². The van der Waals surface area contributed by atoms with Crippen molar-refractivity contribution >= 4 is 15.5 Å². The molecule has 82 valence electrons. The van der Waals surface area contributed by atoms with Crippen LogP contribution in [0.5, 0.6) is 0 Å². The molecule has 1 aromatic carbocycles. The SMILES string of the molecule is NNc1ccc(S(=O)(=O)CC2CO2)cc1. The molecule has 0 amide bonds. The lowest BCUT2D eigenvalue weighted by atomic mass is 10.3. The van der Waals surface area contributed by atoms with Gasteiger partial charge in [-0.1, -0.05) is 0 Å². The number of hydrogen-bond acceptors (Lipinski definition) is 5. The molecule has 1 fully saturated rings. The summed E-state index contributed by atoms with van der Waals surface area (Å²) in [5.74, 6) is 5.24. The molecule has 0 aromatic heterocycles. The van der Waals surface area contributed by atoms with Crippen LogP contribution < -0.4 is 11.3 Å². The van der Waals surface area contributed by atoms with E-state index < -0.39 is 9.84 Å². The van der Waals surface area contributed by atoms with E-state index in [-0.39, 0.29) is 11.9 Å². The van der Waals surface area contributed by atoms with Crippen molar-refractivity contribution in [2.45, 2.75) is 11.0 Å². The van der Waals surface area contributed by atoms with Crippen LogP contribution in [0.25, 0.3) is 0 Å². The summed E-state index contributed by atoms with van der Waals surface area (Å²) in [6.07, 6.45) is -0.123. The van der Waals surface area contributed by atoms with Crippen molar-refractivity contribution in [3.8, 4) is 0 Å². The molecule has 1 aromatic rings. The van der Waals surface area contributed by atoms with E-state index in [9.17, 15) is 8.42 Å². The summed E-state index contributed by atoms with van der Waals surface area (Å²) in [5.41, 5.74) is 3.12. The second-order valence-corrected chi connectivity index (χ2v) is 5.44. The first-order valence-corrected chi connectivity index (χ1v) is 6.18. The van der Waals surface area contributed by atoms with E-state index in [0.29, 0.717) is 17.2 Å². The molecule has 0 bridgehead atoms. The molecule has 1 atom stereocenters. The Bertz CT molecular complexity index is 437. The number of ether oxygens (including phenoxy) is 1. The fraction of sp³-hybridized carbons (Fsp3) is 0.333. The van der Waals surface area contributed by atoms with Gasteiger partial charge in [0.1, 0.15) is 0 Å². The largest absolute Gasteiger partial charge is 0.372 e. The number of anilines is 1. The van der Waals surface area contributed by atoms with Crippen LogP contribution in [-0.4, -0.2) is 26.9 Å². The predicted octanol–water partition coefficient (Wildman–Crippen LogP) is 0.145. The van der Waals surface area contributed by atoms with E-state index in [0.717, 1.165) is 0 Å². The highest BCUT2D eigenvalue weighted by atomic mass is 32.2. The quantitative estimate of drug-likeness (QED) is 0.435. The molecule has 0 aliphatic carbocycles. The summed E-state index contributed by atoms with van der Waals surface area (Å²) in [6.45, 7) is 0.543. The van der Waals surface area contributed by atoms with Gasteiger partial charge in [-0.25, -0.2) is 8.42 Å². The van der Waals surface area contributed by atoms with Crippen molar-refractivity contribution in [2.75, 3.05) is 17.8 Å². The molecule has 15 heavy (non-hydrogen) atoms. The zero-order valence-corrected chi connectivity index (χ0v) is 8.83. The van der Waals surface area contributed by atoms with Crippen LogP contribution in [-0.2, 0) is 14.6 Å². The lowest BCUT2D eigenvalue weighted by molar-refractivity contribution is 0.422. The maximum Gasteiger partial charge on any atom is 0.181 e. The molecule has 0 spiro atoms. The number of benzene rings is 1. The van der Waals surface area contributed by atoms with E-state index >= 15 is 0 Å². The minimum Gasteiger partial charge on any atom is -0.372 e. The highest BCUT2D eigenvalue weighted by Gasteiger charge is 2.30. The maximum atomic E-state index is 11.8. The van der Waals surface area contributed by atoms with E-state index in [4.69, 9.17) is 10.6 Å². The third-order valence-corrected chi connectivity index (χ3v) is 3.99. The highest BCUT2D eigenvalue weighted by molar-refractivity contribution is 7.91. The summed E-state index contributed by atoms with van der Waals surface area (Å²) < 4.78 is 28.4. The average Bonchev–Trinajstić information content (AvgIpc) is 3.01. The number of hydrogen-bond donors (Lipinski definition) is 2. The molecule has 6 heteroatoms. The predicted molar refractivity (Wildman–Crippen MR) is 56.0 cm³/mol. The van der Waals surface area contributed by atoms with Crippen molar-refractivity contribution in [1.29, 1.82) is 0 Å². The van der Waals surface area contributed by atoms with Gasteiger partial charge in [-0.3, -0.25) is 5.84 Å². The van der Waals surface area contributed by atoms with Crippen LogP contribution in [0, 0.1) is 0 Å². The molecule has 1 unspecified atom stereocenters. The minimum absolute atomic E-state index is 0.0579. The molecule has 0 saturated carbocycles. The van der Waals surface area contributed by atoms with Crippen molar-refractivity contribution in [3.05, 3.63) is 24.3 Å². The van der Waals surface area contributed by atoms with Crippen LogP contribution in [0.15, 0.2) is 29.2 Å². The fourth-order valence-electron chi connectivity index (χ4n) is 1.26. The fourth-order valence-corrected chi connectivity index (χ4v) is 2.69. The molecule has 1 aliphatic rings. The van der Waals surface area contributed by atoms with E-state index in [1.54, 1.807) is 12.1 Å². The molecular weight excluding hydrogens is 216 g/mol. The Labute approximate surface area is 88.1 Å². The molecule has 1 heterocycles. The standard InChI is InChI=1S/C9H12N2O3S/c10-11-7-1-3-9(4-2-7)15(12,13)6-8-5-14-8/h1-4,8,11H,5-6,10H2. The van der Waals surface area contributed by atoms with Gasteiger partial charge in [0.15, 0.2) is 9.84 Å². The van der Waals surface area contributed by atoms with Gasteiger partial charge in [0, 0.05) is 5.69 Å². The maximum absolute atomic E-state index is 11.8. The second kappa shape index (κ2) is 3.80. The molecule has 5 nitrogen and oxygen atoms in total. The van der Waals surface area contributed by atoms with Gasteiger partial charge in [0.25, 0.3) is 0 Å². The Balaban J connectivity index is 2.19.